The lowest BCUT2D eigenvalue weighted by Gasteiger charge is -2.34. The molecule has 6 nitrogen and oxygen atoms in total. The normalized spacial score (nSPS) is 16.6. The van der Waals surface area contributed by atoms with Crippen molar-refractivity contribution < 1.29 is 14.4 Å². The molecule has 1 atom stereocenters. The minimum absolute atomic E-state index is 0.0500. The number of nitrogens with one attached hydrogen (secondary N) is 2. The van der Waals surface area contributed by atoms with Crippen LogP contribution in [0.5, 0.6) is 0 Å². The van der Waals surface area contributed by atoms with Crippen molar-refractivity contribution >= 4 is 17.7 Å². The number of amides is 3. The van der Waals surface area contributed by atoms with Crippen LogP contribution in [0.2, 0.25) is 0 Å². The molecule has 27 heavy (non-hydrogen) atoms. The second kappa shape index (κ2) is 8.03. The Morgan fingerprint density at radius 3 is 2.70 bits per heavy atom. The Kier molecular flexibility index (Phi) is 5.54. The molecule has 1 unspecified atom stereocenters. The van der Waals surface area contributed by atoms with Gasteiger partial charge in [0.15, 0.2) is 0 Å². The Balaban J connectivity index is 1.90. The first-order chi connectivity index (χ1) is 13.0. The first-order valence-corrected chi connectivity index (χ1v) is 8.96. The van der Waals surface area contributed by atoms with Crippen molar-refractivity contribution in [3.8, 4) is 11.1 Å². The van der Waals surface area contributed by atoms with Crippen LogP contribution in [-0.2, 0) is 9.59 Å². The molecular weight excluding hydrogens is 342 g/mol. The highest BCUT2D eigenvalue weighted by atomic mass is 16.2. The van der Waals surface area contributed by atoms with Gasteiger partial charge in [0.05, 0.1) is 6.42 Å². The molecule has 140 valence electrons. The highest BCUT2D eigenvalue weighted by molar-refractivity contribution is 6.00. The number of rotatable bonds is 4. The third-order valence-corrected chi connectivity index (χ3v) is 4.81. The van der Waals surface area contributed by atoms with Crippen molar-refractivity contribution in [3.05, 3.63) is 59.7 Å². The Labute approximate surface area is 158 Å². The molecule has 2 N–H and O–H groups in total. The maximum atomic E-state index is 13.1. The molecule has 0 aromatic heterocycles. The Morgan fingerprint density at radius 1 is 1.19 bits per heavy atom. The van der Waals surface area contributed by atoms with Gasteiger partial charge >= 0.3 is 0 Å². The highest BCUT2D eigenvalue weighted by Crippen LogP contribution is 2.25. The lowest BCUT2D eigenvalue weighted by Crippen LogP contribution is -2.58. The van der Waals surface area contributed by atoms with Crippen molar-refractivity contribution in [2.75, 3.05) is 20.1 Å². The number of benzene rings is 2. The third-order valence-electron chi connectivity index (χ3n) is 4.81. The summed E-state index contributed by atoms with van der Waals surface area (Å²) in [7, 11) is 1.51. The van der Waals surface area contributed by atoms with Gasteiger partial charge < -0.3 is 15.5 Å². The summed E-state index contributed by atoms with van der Waals surface area (Å²) in [5, 5.41) is 5.24. The topological polar surface area (TPSA) is 78.5 Å². The number of nitrogens with zero attached hydrogens (tertiary/aromatic N) is 1. The Hall–Kier alpha value is -3.15. The van der Waals surface area contributed by atoms with Crippen molar-refractivity contribution in [2.24, 2.45) is 0 Å². The molecule has 0 saturated carbocycles. The number of aryl methyl sites for hydroxylation is 1. The van der Waals surface area contributed by atoms with Gasteiger partial charge in [-0.1, -0.05) is 36.4 Å². The number of hydrogen-bond acceptors (Lipinski definition) is 3. The minimum Gasteiger partial charge on any atom is -0.359 e. The molecule has 2 aromatic carbocycles. The molecule has 0 radical (unpaired) electrons. The monoisotopic (exact) mass is 365 g/mol. The van der Waals surface area contributed by atoms with Crippen molar-refractivity contribution in [2.45, 2.75) is 19.4 Å². The largest absolute Gasteiger partial charge is 0.359 e. The summed E-state index contributed by atoms with van der Waals surface area (Å²) in [6.45, 7) is 2.78. The van der Waals surface area contributed by atoms with Crippen LogP contribution in [0.25, 0.3) is 11.1 Å². The molecule has 1 saturated heterocycles. The van der Waals surface area contributed by atoms with Crippen LogP contribution in [0.15, 0.2) is 48.5 Å². The zero-order valence-corrected chi connectivity index (χ0v) is 15.5. The van der Waals surface area contributed by atoms with Gasteiger partial charge in [-0.25, -0.2) is 0 Å². The van der Waals surface area contributed by atoms with E-state index in [1.807, 2.05) is 49.4 Å². The van der Waals surface area contributed by atoms with Crippen molar-refractivity contribution in [1.29, 1.82) is 0 Å². The molecule has 3 amide bonds. The average Bonchev–Trinajstić information content (AvgIpc) is 2.69. The number of carbonyl (C=O) groups excluding carboxylic acids is 3. The highest BCUT2D eigenvalue weighted by Gasteiger charge is 2.34. The molecule has 3 rings (SSSR count). The number of piperazine rings is 1. The molecule has 2 aromatic rings. The summed E-state index contributed by atoms with van der Waals surface area (Å²) in [6, 6.07) is 14.6. The Morgan fingerprint density at radius 2 is 1.96 bits per heavy atom. The van der Waals surface area contributed by atoms with Gasteiger partial charge in [-0.3, -0.25) is 14.4 Å². The van der Waals surface area contributed by atoms with Crippen LogP contribution < -0.4 is 10.6 Å². The van der Waals surface area contributed by atoms with E-state index in [1.54, 1.807) is 6.07 Å². The number of hydrogen-bond donors (Lipinski definition) is 2. The maximum Gasteiger partial charge on any atom is 0.254 e. The standard InChI is InChI=1S/C21H23N3O3/c1-14-6-3-4-9-17(14)15-7-5-8-16(12-15)21(27)24-11-10-23-20(26)18(24)13-19(25)22-2/h3-9,12,18H,10-11,13H2,1-2H3,(H,22,25)(H,23,26). The van der Waals surface area contributed by atoms with E-state index in [4.69, 9.17) is 0 Å². The smallest absolute Gasteiger partial charge is 0.254 e. The lowest BCUT2D eigenvalue weighted by atomic mass is 9.98. The second-order valence-electron chi connectivity index (χ2n) is 6.58. The molecule has 0 bridgehead atoms. The summed E-state index contributed by atoms with van der Waals surface area (Å²) >= 11 is 0. The Bertz CT molecular complexity index is 878. The quantitative estimate of drug-likeness (QED) is 0.866. The predicted molar refractivity (Wildman–Crippen MR) is 103 cm³/mol. The van der Waals surface area contributed by atoms with Gasteiger partial charge in [0.1, 0.15) is 6.04 Å². The van der Waals surface area contributed by atoms with E-state index in [0.717, 1.165) is 16.7 Å². The molecule has 6 heteroatoms. The summed E-state index contributed by atoms with van der Waals surface area (Å²) in [6.07, 6.45) is -0.0500. The molecule has 1 aliphatic rings. The molecular formula is C21H23N3O3. The van der Waals surface area contributed by atoms with Gasteiger partial charge in [-0.2, -0.15) is 0 Å². The van der Waals surface area contributed by atoms with E-state index in [1.165, 1.54) is 11.9 Å². The summed E-state index contributed by atoms with van der Waals surface area (Å²) in [5.74, 6) is -0.814. The van der Waals surface area contributed by atoms with Crippen LogP contribution >= 0.6 is 0 Å². The average molecular weight is 365 g/mol. The van der Waals surface area contributed by atoms with Gasteiger partial charge in [0.25, 0.3) is 5.91 Å². The van der Waals surface area contributed by atoms with Crippen molar-refractivity contribution in [1.82, 2.24) is 15.5 Å². The zero-order chi connectivity index (χ0) is 19.4. The van der Waals surface area contributed by atoms with Crippen LogP contribution in [-0.4, -0.2) is 48.8 Å². The van der Waals surface area contributed by atoms with E-state index in [2.05, 4.69) is 10.6 Å². The van der Waals surface area contributed by atoms with E-state index in [0.29, 0.717) is 18.7 Å². The fourth-order valence-corrected chi connectivity index (χ4v) is 3.32. The van der Waals surface area contributed by atoms with Crippen LogP contribution in [0.1, 0.15) is 22.3 Å². The fraction of sp³-hybridized carbons (Fsp3) is 0.286. The molecule has 0 spiro atoms. The predicted octanol–water partition coefficient (Wildman–Crippen LogP) is 1.74. The summed E-state index contributed by atoms with van der Waals surface area (Å²) < 4.78 is 0. The lowest BCUT2D eigenvalue weighted by molar-refractivity contribution is -0.132. The van der Waals surface area contributed by atoms with Gasteiger partial charge in [-0.05, 0) is 35.7 Å². The second-order valence-corrected chi connectivity index (χ2v) is 6.58. The first kappa shape index (κ1) is 18.6. The summed E-state index contributed by atoms with van der Waals surface area (Å²) in [4.78, 5) is 38.6. The molecule has 1 heterocycles. The van der Waals surface area contributed by atoms with Crippen LogP contribution in [0, 0.1) is 6.92 Å². The maximum absolute atomic E-state index is 13.1. The van der Waals surface area contributed by atoms with E-state index in [-0.39, 0.29) is 24.1 Å². The van der Waals surface area contributed by atoms with E-state index < -0.39 is 6.04 Å². The van der Waals surface area contributed by atoms with Gasteiger partial charge in [-0.15, -0.1) is 0 Å². The number of carbonyl (C=O) groups is 3. The first-order valence-electron chi connectivity index (χ1n) is 8.96. The van der Waals surface area contributed by atoms with Crippen LogP contribution in [0.4, 0.5) is 0 Å². The molecule has 1 aliphatic heterocycles. The zero-order valence-electron chi connectivity index (χ0n) is 15.5. The van der Waals surface area contributed by atoms with Gasteiger partial charge in [0, 0.05) is 25.7 Å². The third kappa shape index (κ3) is 4.00. The van der Waals surface area contributed by atoms with Gasteiger partial charge in [0.2, 0.25) is 11.8 Å². The minimum atomic E-state index is -0.798. The fourth-order valence-electron chi connectivity index (χ4n) is 3.32. The SMILES string of the molecule is CNC(=O)CC1C(=O)NCCN1C(=O)c1cccc(-c2ccccc2C)c1. The van der Waals surface area contributed by atoms with E-state index >= 15 is 0 Å². The van der Waals surface area contributed by atoms with E-state index in [9.17, 15) is 14.4 Å². The summed E-state index contributed by atoms with van der Waals surface area (Å²) in [5.41, 5.74) is 3.64. The van der Waals surface area contributed by atoms with Crippen molar-refractivity contribution in [3.63, 3.8) is 0 Å². The molecule has 1 fully saturated rings. The molecule has 0 aliphatic carbocycles. The van der Waals surface area contributed by atoms with Crippen LogP contribution in [0.3, 0.4) is 0 Å².